The number of carbonyl (C=O) groups excluding carboxylic acids is 1. The maximum Gasteiger partial charge on any atom is 0.246 e. The molecule has 1 heterocycles. The summed E-state index contributed by atoms with van der Waals surface area (Å²) in [5, 5.41) is 9.75. The molecule has 1 aromatic heterocycles. The van der Waals surface area contributed by atoms with Gasteiger partial charge in [0.15, 0.2) is 0 Å². The molecule has 0 spiro atoms. The van der Waals surface area contributed by atoms with Gasteiger partial charge in [-0.3, -0.25) is 9.48 Å². The fraction of sp³-hybridized carbons (Fsp3) is 0.286. The number of amides is 1. The molecule has 6 heteroatoms. The predicted molar refractivity (Wildman–Crippen MR) is 74.8 cm³/mol. The lowest BCUT2D eigenvalue weighted by Gasteiger charge is -2.15. The highest BCUT2D eigenvalue weighted by Gasteiger charge is 2.20. The minimum absolute atomic E-state index is 0.216. The number of aromatic nitrogens is 2. The molecule has 2 aromatic rings. The Morgan fingerprint density at radius 1 is 1.45 bits per heavy atom. The Morgan fingerprint density at radius 2 is 2.20 bits per heavy atom. The maximum atomic E-state index is 13.2. The zero-order valence-electron chi connectivity index (χ0n) is 11.6. The van der Waals surface area contributed by atoms with Crippen LogP contribution in [0.4, 0.5) is 10.1 Å². The van der Waals surface area contributed by atoms with Gasteiger partial charge in [0, 0.05) is 24.5 Å². The molecule has 1 amide bonds. The molecular formula is C14H17FN4O. The molecule has 1 unspecified atom stereocenters. The van der Waals surface area contributed by atoms with Crippen LogP contribution in [0.15, 0.2) is 30.6 Å². The Bertz CT molecular complexity index is 623. The first kappa shape index (κ1) is 14.2. The standard InChI is InChI=1S/C14H17FN4O/c1-9-6-11(4-5-12(9)15)18-14(20)13(16-2)10-7-17-19(3)8-10/h4-8,13,16H,1-3H3,(H,18,20). The molecule has 0 saturated heterocycles. The van der Waals surface area contributed by atoms with Crippen LogP contribution in [0.3, 0.4) is 0 Å². The summed E-state index contributed by atoms with van der Waals surface area (Å²) in [5.74, 6) is -0.507. The quantitative estimate of drug-likeness (QED) is 0.894. The van der Waals surface area contributed by atoms with Crippen molar-refractivity contribution < 1.29 is 9.18 Å². The van der Waals surface area contributed by atoms with E-state index < -0.39 is 6.04 Å². The van der Waals surface area contributed by atoms with E-state index in [9.17, 15) is 9.18 Å². The predicted octanol–water partition coefficient (Wildman–Crippen LogP) is 1.77. The van der Waals surface area contributed by atoms with Gasteiger partial charge >= 0.3 is 0 Å². The van der Waals surface area contributed by atoms with Crippen molar-refractivity contribution in [1.82, 2.24) is 15.1 Å². The van der Waals surface area contributed by atoms with Crippen molar-refractivity contribution in [2.75, 3.05) is 12.4 Å². The molecule has 106 valence electrons. The van der Waals surface area contributed by atoms with E-state index in [2.05, 4.69) is 15.7 Å². The summed E-state index contributed by atoms with van der Waals surface area (Å²) in [6, 6.07) is 3.97. The number of likely N-dealkylation sites (N-methyl/N-ethyl adjacent to an activating group) is 1. The van der Waals surface area contributed by atoms with Crippen LogP contribution in [0, 0.1) is 12.7 Å². The second-order valence-corrected chi connectivity index (χ2v) is 4.62. The molecule has 2 rings (SSSR count). The Balaban J connectivity index is 2.15. The van der Waals surface area contributed by atoms with Gasteiger partial charge in [-0.05, 0) is 37.7 Å². The van der Waals surface area contributed by atoms with Crippen molar-refractivity contribution in [3.05, 3.63) is 47.5 Å². The lowest BCUT2D eigenvalue weighted by Crippen LogP contribution is -2.30. The fourth-order valence-corrected chi connectivity index (χ4v) is 1.98. The topological polar surface area (TPSA) is 59.0 Å². The number of benzene rings is 1. The van der Waals surface area contributed by atoms with Crippen molar-refractivity contribution in [2.24, 2.45) is 7.05 Å². The average Bonchev–Trinajstić information content (AvgIpc) is 2.81. The second kappa shape index (κ2) is 5.83. The molecule has 0 fully saturated rings. The molecule has 0 aliphatic carbocycles. The van der Waals surface area contributed by atoms with Crippen molar-refractivity contribution in [2.45, 2.75) is 13.0 Å². The number of nitrogens with one attached hydrogen (secondary N) is 2. The van der Waals surface area contributed by atoms with Gasteiger partial charge in [0.25, 0.3) is 0 Å². The van der Waals surface area contributed by atoms with Crippen molar-refractivity contribution in [1.29, 1.82) is 0 Å². The van der Waals surface area contributed by atoms with E-state index in [0.29, 0.717) is 11.3 Å². The van der Waals surface area contributed by atoms with Gasteiger partial charge in [0.1, 0.15) is 11.9 Å². The molecule has 20 heavy (non-hydrogen) atoms. The van der Waals surface area contributed by atoms with Crippen LogP contribution in [0.2, 0.25) is 0 Å². The van der Waals surface area contributed by atoms with Crippen LogP contribution in [-0.2, 0) is 11.8 Å². The molecule has 0 aliphatic rings. The lowest BCUT2D eigenvalue weighted by molar-refractivity contribution is -0.118. The normalized spacial score (nSPS) is 12.2. The third kappa shape index (κ3) is 3.03. The minimum Gasteiger partial charge on any atom is -0.324 e. The van der Waals surface area contributed by atoms with Gasteiger partial charge in [-0.25, -0.2) is 4.39 Å². The van der Waals surface area contributed by atoms with Crippen LogP contribution in [0.5, 0.6) is 0 Å². The molecule has 5 nitrogen and oxygen atoms in total. The molecule has 0 bridgehead atoms. The van der Waals surface area contributed by atoms with Crippen molar-refractivity contribution in [3.63, 3.8) is 0 Å². The first-order chi connectivity index (χ1) is 9.51. The van der Waals surface area contributed by atoms with Gasteiger partial charge in [-0.15, -0.1) is 0 Å². The number of anilines is 1. The smallest absolute Gasteiger partial charge is 0.246 e. The van der Waals surface area contributed by atoms with E-state index >= 15 is 0 Å². The molecule has 0 saturated carbocycles. The fourth-order valence-electron chi connectivity index (χ4n) is 1.98. The first-order valence-corrected chi connectivity index (χ1v) is 6.24. The SMILES string of the molecule is CNC(C(=O)Nc1ccc(F)c(C)c1)c1cnn(C)c1. The summed E-state index contributed by atoms with van der Waals surface area (Å²) in [6.07, 6.45) is 3.41. The highest BCUT2D eigenvalue weighted by atomic mass is 19.1. The summed E-state index contributed by atoms with van der Waals surface area (Å²) in [5.41, 5.74) is 1.83. The highest BCUT2D eigenvalue weighted by Crippen LogP contribution is 2.17. The summed E-state index contributed by atoms with van der Waals surface area (Å²) in [7, 11) is 3.49. The third-order valence-electron chi connectivity index (χ3n) is 3.03. The van der Waals surface area contributed by atoms with Crippen molar-refractivity contribution >= 4 is 11.6 Å². The van der Waals surface area contributed by atoms with Crippen LogP contribution in [0.1, 0.15) is 17.2 Å². The van der Waals surface area contributed by atoms with Gasteiger partial charge in [0.05, 0.1) is 6.20 Å². The number of rotatable bonds is 4. The maximum absolute atomic E-state index is 13.2. The zero-order valence-corrected chi connectivity index (χ0v) is 11.6. The molecular weight excluding hydrogens is 259 g/mol. The second-order valence-electron chi connectivity index (χ2n) is 4.62. The zero-order chi connectivity index (χ0) is 14.7. The number of aryl methyl sites for hydroxylation is 2. The summed E-state index contributed by atoms with van der Waals surface area (Å²) < 4.78 is 14.8. The molecule has 0 radical (unpaired) electrons. The molecule has 0 aliphatic heterocycles. The van der Waals surface area contributed by atoms with Gasteiger partial charge in [-0.2, -0.15) is 5.10 Å². The molecule has 1 aromatic carbocycles. The van der Waals surface area contributed by atoms with Crippen LogP contribution in [-0.4, -0.2) is 22.7 Å². The van der Waals surface area contributed by atoms with E-state index in [1.165, 1.54) is 12.1 Å². The summed E-state index contributed by atoms with van der Waals surface area (Å²) in [6.45, 7) is 1.65. The average molecular weight is 276 g/mol. The lowest BCUT2D eigenvalue weighted by atomic mass is 10.1. The number of hydrogen-bond acceptors (Lipinski definition) is 3. The van der Waals surface area contributed by atoms with Gasteiger partial charge < -0.3 is 10.6 Å². The third-order valence-corrected chi connectivity index (χ3v) is 3.03. The van der Waals surface area contributed by atoms with E-state index in [0.717, 1.165) is 5.56 Å². The van der Waals surface area contributed by atoms with Crippen molar-refractivity contribution in [3.8, 4) is 0 Å². The van der Waals surface area contributed by atoms with Crippen LogP contribution in [0.25, 0.3) is 0 Å². The van der Waals surface area contributed by atoms with Crippen LogP contribution >= 0.6 is 0 Å². The van der Waals surface area contributed by atoms with E-state index in [1.54, 1.807) is 44.2 Å². The molecule has 1 atom stereocenters. The Morgan fingerprint density at radius 3 is 2.75 bits per heavy atom. The number of nitrogens with zero attached hydrogens (tertiary/aromatic N) is 2. The van der Waals surface area contributed by atoms with Gasteiger partial charge in [0.2, 0.25) is 5.91 Å². The Labute approximate surface area is 116 Å². The van der Waals surface area contributed by atoms with Crippen LogP contribution < -0.4 is 10.6 Å². The van der Waals surface area contributed by atoms with E-state index in [4.69, 9.17) is 0 Å². The monoisotopic (exact) mass is 276 g/mol. The molecule has 2 N–H and O–H groups in total. The largest absolute Gasteiger partial charge is 0.324 e. The van der Waals surface area contributed by atoms with E-state index in [-0.39, 0.29) is 11.7 Å². The Hall–Kier alpha value is -2.21. The number of hydrogen-bond donors (Lipinski definition) is 2. The van der Waals surface area contributed by atoms with E-state index in [1.807, 2.05) is 0 Å². The first-order valence-electron chi connectivity index (χ1n) is 6.24. The number of carbonyl (C=O) groups is 1. The summed E-state index contributed by atoms with van der Waals surface area (Å²) in [4.78, 5) is 12.2. The Kier molecular flexibility index (Phi) is 4.14. The summed E-state index contributed by atoms with van der Waals surface area (Å²) >= 11 is 0. The minimum atomic E-state index is -0.506. The highest BCUT2D eigenvalue weighted by molar-refractivity contribution is 5.95. The van der Waals surface area contributed by atoms with Gasteiger partial charge in [-0.1, -0.05) is 0 Å². The number of halogens is 1.